The topological polar surface area (TPSA) is 64.5 Å². The number of aromatic nitrogens is 2. The van der Waals surface area contributed by atoms with Crippen LogP contribution in [0.4, 0.5) is 5.82 Å². The Hall–Kier alpha value is -1.03. The van der Waals surface area contributed by atoms with Gasteiger partial charge in [0.1, 0.15) is 5.82 Å². The van der Waals surface area contributed by atoms with Crippen molar-refractivity contribution in [3.05, 3.63) is 12.3 Å². The lowest BCUT2D eigenvalue weighted by atomic mass is 10.4. The van der Waals surface area contributed by atoms with Crippen LogP contribution >= 0.6 is 0 Å². The van der Waals surface area contributed by atoms with Crippen LogP contribution in [0.1, 0.15) is 6.42 Å². The molecule has 10 heavy (non-hydrogen) atoms. The van der Waals surface area contributed by atoms with Crippen molar-refractivity contribution in [3.63, 3.8) is 0 Å². The molecule has 0 spiro atoms. The highest BCUT2D eigenvalue weighted by Crippen LogP contribution is 1.96. The first kappa shape index (κ1) is 7.08. The lowest BCUT2D eigenvalue weighted by Crippen LogP contribution is -2.03. The van der Waals surface area contributed by atoms with Gasteiger partial charge < -0.3 is 5.32 Å². The third-order valence-corrected chi connectivity index (χ3v) is 1.17. The van der Waals surface area contributed by atoms with Gasteiger partial charge in [0, 0.05) is 13.1 Å². The van der Waals surface area contributed by atoms with Gasteiger partial charge in [0.05, 0.1) is 6.20 Å². The van der Waals surface area contributed by atoms with Crippen LogP contribution in [0, 0.1) is 0 Å². The predicted molar refractivity (Wildman–Crippen MR) is 39.7 cm³/mol. The summed E-state index contributed by atoms with van der Waals surface area (Å²) in [6, 6.07) is 1.87. The number of H-pyrrole nitrogens is 1. The van der Waals surface area contributed by atoms with E-state index in [1.54, 1.807) is 6.20 Å². The third-order valence-electron chi connectivity index (χ3n) is 1.17. The molecule has 1 radical (unpaired) electrons. The zero-order valence-electron chi connectivity index (χ0n) is 5.72. The highest BCUT2D eigenvalue weighted by atomic mass is 15.2. The smallest absolute Gasteiger partial charge is 0.121 e. The van der Waals surface area contributed by atoms with Gasteiger partial charge in [-0.1, -0.05) is 0 Å². The van der Waals surface area contributed by atoms with Gasteiger partial charge in [-0.3, -0.25) is 10.8 Å². The fourth-order valence-electron chi connectivity index (χ4n) is 0.666. The maximum atomic E-state index is 6.87. The van der Waals surface area contributed by atoms with Crippen LogP contribution in [0.5, 0.6) is 0 Å². The zero-order valence-corrected chi connectivity index (χ0v) is 5.72. The Morgan fingerprint density at radius 1 is 1.70 bits per heavy atom. The second-order valence-electron chi connectivity index (χ2n) is 2.00. The van der Waals surface area contributed by atoms with Gasteiger partial charge in [0.25, 0.3) is 0 Å². The fraction of sp³-hybridized carbons (Fsp3) is 0.500. The third kappa shape index (κ3) is 2.06. The van der Waals surface area contributed by atoms with E-state index < -0.39 is 0 Å². The monoisotopic (exact) mass is 139 g/mol. The van der Waals surface area contributed by atoms with E-state index in [0.29, 0.717) is 6.54 Å². The Kier molecular flexibility index (Phi) is 2.76. The quantitative estimate of drug-likeness (QED) is 0.596. The summed E-state index contributed by atoms with van der Waals surface area (Å²) in [4.78, 5) is 0. The van der Waals surface area contributed by atoms with Crippen molar-refractivity contribution in [2.24, 2.45) is 0 Å². The average Bonchev–Trinajstić information content (AvgIpc) is 2.41. The zero-order chi connectivity index (χ0) is 7.23. The Bertz CT molecular complexity index is 158. The van der Waals surface area contributed by atoms with Crippen molar-refractivity contribution in [3.8, 4) is 0 Å². The second-order valence-corrected chi connectivity index (χ2v) is 2.00. The molecule has 0 aromatic carbocycles. The molecular formula is C6H11N4. The standard InChI is InChI=1S/C6H11N4/c7-3-1-4-8-6-2-5-9-10-6/h2,5,7H,1,3-4H2,(H2,8,9,10). The minimum atomic E-state index is 0.473. The lowest BCUT2D eigenvalue weighted by molar-refractivity contribution is 0.851. The summed E-state index contributed by atoms with van der Waals surface area (Å²) >= 11 is 0. The molecule has 1 aromatic rings. The van der Waals surface area contributed by atoms with Crippen LogP contribution in [-0.2, 0) is 0 Å². The van der Waals surface area contributed by atoms with Crippen LogP contribution in [0.2, 0.25) is 0 Å². The molecule has 0 saturated carbocycles. The number of nitrogens with one attached hydrogen (secondary N) is 3. The Morgan fingerprint density at radius 3 is 3.20 bits per heavy atom. The first-order valence-electron chi connectivity index (χ1n) is 3.31. The van der Waals surface area contributed by atoms with E-state index in [-0.39, 0.29) is 0 Å². The molecule has 0 unspecified atom stereocenters. The Balaban J connectivity index is 2.15. The molecule has 0 atom stereocenters. The van der Waals surface area contributed by atoms with Crippen LogP contribution in [0.15, 0.2) is 12.3 Å². The van der Waals surface area contributed by atoms with Gasteiger partial charge in [0.2, 0.25) is 0 Å². The predicted octanol–water partition coefficient (Wildman–Crippen LogP) is 0.495. The second kappa shape index (κ2) is 3.90. The number of anilines is 1. The van der Waals surface area contributed by atoms with E-state index >= 15 is 0 Å². The van der Waals surface area contributed by atoms with E-state index in [2.05, 4.69) is 15.5 Å². The molecule has 0 fully saturated rings. The summed E-state index contributed by atoms with van der Waals surface area (Å²) in [5.74, 6) is 0.924. The van der Waals surface area contributed by atoms with Crippen molar-refractivity contribution < 1.29 is 0 Å². The average molecular weight is 139 g/mol. The van der Waals surface area contributed by atoms with Gasteiger partial charge in [-0.05, 0) is 12.5 Å². The molecule has 0 saturated heterocycles. The number of aromatic amines is 1. The van der Waals surface area contributed by atoms with Gasteiger partial charge in [-0.25, -0.2) is 0 Å². The molecular weight excluding hydrogens is 128 g/mol. The van der Waals surface area contributed by atoms with Crippen LogP contribution in [0.25, 0.3) is 0 Å². The molecule has 4 nitrogen and oxygen atoms in total. The highest BCUT2D eigenvalue weighted by Gasteiger charge is 1.88. The first-order valence-corrected chi connectivity index (χ1v) is 3.31. The molecule has 0 bridgehead atoms. The van der Waals surface area contributed by atoms with Crippen molar-refractivity contribution in [2.45, 2.75) is 6.42 Å². The van der Waals surface area contributed by atoms with Crippen LogP contribution in [0.3, 0.4) is 0 Å². The molecule has 3 N–H and O–H groups in total. The van der Waals surface area contributed by atoms with Crippen molar-refractivity contribution in [1.82, 2.24) is 15.9 Å². The molecule has 55 valence electrons. The maximum Gasteiger partial charge on any atom is 0.121 e. The summed E-state index contributed by atoms with van der Waals surface area (Å²) in [5, 5.41) is 9.63. The van der Waals surface area contributed by atoms with Crippen molar-refractivity contribution in [1.29, 1.82) is 0 Å². The van der Waals surface area contributed by atoms with Crippen molar-refractivity contribution in [2.75, 3.05) is 18.4 Å². The molecule has 1 rings (SSSR count). The van der Waals surface area contributed by atoms with Gasteiger partial charge in [-0.15, -0.1) is 0 Å². The SMILES string of the molecule is [NH]CCCNc1ccn[nH]1. The molecule has 0 aliphatic carbocycles. The van der Waals surface area contributed by atoms with Crippen LogP contribution < -0.4 is 11.1 Å². The lowest BCUT2D eigenvalue weighted by Gasteiger charge is -1.98. The van der Waals surface area contributed by atoms with E-state index in [1.165, 1.54) is 0 Å². The maximum absolute atomic E-state index is 6.87. The first-order chi connectivity index (χ1) is 4.93. The normalized spacial score (nSPS) is 9.70. The summed E-state index contributed by atoms with van der Waals surface area (Å²) < 4.78 is 0. The van der Waals surface area contributed by atoms with E-state index in [9.17, 15) is 0 Å². The van der Waals surface area contributed by atoms with Gasteiger partial charge in [0.15, 0.2) is 0 Å². The molecule has 0 aliphatic heterocycles. The summed E-state index contributed by atoms with van der Waals surface area (Å²) in [6.07, 6.45) is 2.57. The van der Waals surface area contributed by atoms with Crippen LogP contribution in [-0.4, -0.2) is 23.3 Å². The molecule has 0 amide bonds. The molecule has 1 heterocycles. The number of hydrogen-bond acceptors (Lipinski definition) is 2. The minimum absolute atomic E-state index is 0.473. The van der Waals surface area contributed by atoms with Crippen molar-refractivity contribution >= 4 is 5.82 Å². The minimum Gasteiger partial charge on any atom is -0.370 e. The van der Waals surface area contributed by atoms with E-state index in [1.807, 2.05) is 6.07 Å². The highest BCUT2D eigenvalue weighted by molar-refractivity contribution is 5.31. The van der Waals surface area contributed by atoms with Gasteiger partial charge >= 0.3 is 0 Å². The summed E-state index contributed by atoms with van der Waals surface area (Å²) in [5.41, 5.74) is 6.87. The van der Waals surface area contributed by atoms with E-state index in [4.69, 9.17) is 5.73 Å². The van der Waals surface area contributed by atoms with E-state index in [0.717, 1.165) is 18.8 Å². The van der Waals surface area contributed by atoms with Gasteiger partial charge in [-0.2, -0.15) is 5.10 Å². The Morgan fingerprint density at radius 2 is 2.60 bits per heavy atom. The summed E-state index contributed by atoms with van der Waals surface area (Å²) in [7, 11) is 0. The Labute approximate surface area is 59.8 Å². The molecule has 0 aliphatic rings. The summed E-state index contributed by atoms with van der Waals surface area (Å²) in [6.45, 7) is 1.31. The number of rotatable bonds is 4. The molecule has 4 heteroatoms. The fourth-order valence-corrected chi connectivity index (χ4v) is 0.666. The largest absolute Gasteiger partial charge is 0.370 e. The number of hydrogen-bond donors (Lipinski definition) is 2. The number of nitrogens with zero attached hydrogens (tertiary/aromatic N) is 1. The molecule has 1 aromatic heterocycles.